The van der Waals surface area contributed by atoms with Crippen LogP contribution in [0.15, 0.2) is 46.6 Å². The summed E-state index contributed by atoms with van der Waals surface area (Å²) in [6, 6.07) is 6.95. The molecule has 3 N–H and O–H groups in total. The third kappa shape index (κ3) is 4.45. The molecule has 0 heterocycles. The number of carboxylic acid groups (broad SMARTS) is 1. The zero-order valence-corrected chi connectivity index (χ0v) is 11.0. The third-order valence-electron chi connectivity index (χ3n) is 2.24. The molecule has 0 saturated carbocycles. The highest BCUT2D eigenvalue weighted by Gasteiger charge is 2.40. The van der Waals surface area contributed by atoms with Crippen LogP contribution >= 0.6 is 11.6 Å². The van der Waals surface area contributed by atoms with Crippen LogP contribution in [0.4, 0.5) is 23.2 Å². The summed E-state index contributed by atoms with van der Waals surface area (Å²) < 4.78 is 51.8. The molecule has 0 aliphatic heterocycles. The number of carboxylic acids is 1. The van der Waals surface area contributed by atoms with E-state index in [9.17, 15) is 22.4 Å². The Kier molecular flexibility index (Phi) is 5.31. The summed E-state index contributed by atoms with van der Waals surface area (Å²) in [6.07, 6.45) is -3.45. The van der Waals surface area contributed by atoms with Gasteiger partial charge in [-0.05, 0) is 23.7 Å². The van der Waals surface area contributed by atoms with Crippen molar-refractivity contribution in [3.05, 3.63) is 41.6 Å². The van der Waals surface area contributed by atoms with Gasteiger partial charge in [0.1, 0.15) is 11.3 Å². The molecule has 0 atom stereocenters. The van der Waals surface area contributed by atoms with Crippen molar-refractivity contribution in [2.45, 2.75) is 11.8 Å². The molecule has 0 aliphatic rings. The van der Waals surface area contributed by atoms with Crippen LogP contribution < -0.4 is 5.73 Å². The quantitative estimate of drug-likeness (QED) is 0.378. The average molecular weight is 325 g/mol. The summed E-state index contributed by atoms with van der Waals surface area (Å²) in [5, 5.41) is 4.57. The maximum absolute atomic E-state index is 13.3. The van der Waals surface area contributed by atoms with E-state index in [-0.39, 0.29) is 5.69 Å². The average Bonchev–Trinajstić information content (AvgIpc) is 2.37. The number of para-hydroxylation sites is 1. The Morgan fingerprint density at radius 2 is 1.81 bits per heavy atom. The second kappa shape index (κ2) is 6.57. The highest BCUT2D eigenvalue weighted by molar-refractivity contribution is 6.40. The minimum absolute atomic E-state index is 0.0892. The third-order valence-corrected chi connectivity index (χ3v) is 2.42. The molecule has 0 fully saturated rings. The lowest BCUT2D eigenvalue weighted by Gasteiger charge is -2.15. The van der Waals surface area contributed by atoms with Gasteiger partial charge in [-0.25, -0.2) is 18.6 Å². The van der Waals surface area contributed by atoms with E-state index in [1.54, 1.807) is 6.07 Å². The number of nitrogens with two attached hydrogens (primary N) is 1. The van der Waals surface area contributed by atoms with Gasteiger partial charge in [-0.15, -0.1) is 0 Å². The SMILES string of the molecule is NC(=C(C(=O)O)C(=Nc1ccccc1)C(F)(F)Cl)C(F)F. The van der Waals surface area contributed by atoms with Crippen molar-refractivity contribution < 1.29 is 27.5 Å². The van der Waals surface area contributed by atoms with Crippen molar-refractivity contribution in [1.82, 2.24) is 0 Å². The first-order valence-electron chi connectivity index (χ1n) is 5.37. The van der Waals surface area contributed by atoms with E-state index in [1.165, 1.54) is 24.3 Å². The number of hydrogen-bond acceptors (Lipinski definition) is 3. The highest BCUT2D eigenvalue weighted by atomic mass is 35.5. The molecule has 0 unspecified atom stereocenters. The van der Waals surface area contributed by atoms with Gasteiger partial charge in [0.25, 0.3) is 6.43 Å². The van der Waals surface area contributed by atoms with Crippen molar-refractivity contribution in [3.8, 4) is 0 Å². The van der Waals surface area contributed by atoms with E-state index in [0.29, 0.717) is 0 Å². The lowest BCUT2D eigenvalue weighted by Crippen LogP contribution is -2.31. The second-order valence-electron chi connectivity index (χ2n) is 3.73. The van der Waals surface area contributed by atoms with Gasteiger partial charge in [0.05, 0.1) is 11.4 Å². The molecule has 0 aromatic heterocycles. The van der Waals surface area contributed by atoms with Crippen LogP contribution in [0.3, 0.4) is 0 Å². The smallest absolute Gasteiger partial charge is 0.365 e. The van der Waals surface area contributed by atoms with Gasteiger partial charge in [0, 0.05) is 0 Å². The van der Waals surface area contributed by atoms with Crippen LogP contribution in [0.5, 0.6) is 0 Å². The molecule has 1 rings (SSSR count). The van der Waals surface area contributed by atoms with Gasteiger partial charge >= 0.3 is 11.4 Å². The van der Waals surface area contributed by atoms with Gasteiger partial charge in [0.2, 0.25) is 0 Å². The lowest BCUT2D eigenvalue weighted by atomic mass is 10.1. The molecule has 9 heteroatoms. The van der Waals surface area contributed by atoms with Crippen LogP contribution in [-0.2, 0) is 4.79 Å². The lowest BCUT2D eigenvalue weighted by molar-refractivity contribution is -0.132. The number of halogens is 5. The maximum Gasteiger partial charge on any atom is 0.365 e. The van der Waals surface area contributed by atoms with Crippen molar-refractivity contribution in [2.75, 3.05) is 0 Å². The van der Waals surface area contributed by atoms with Crippen molar-refractivity contribution in [3.63, 3.8) is 0 Å². The fourth-order valence-electron chi connectivity index (χ4n) is 1.36. The summed E-state index contributed by atoms with van der Waals surface area (Å²) in [4.78, 5) is 14.3. The van der Waals surface area contributed by atoms with Gasteiger partial charge in [-0.1, -0.05) is 18.2 Å². The van der Waals surface area contributed by atoms with Crippen LogP contribution in [0.1, 0.15) is 0 Å². The molecular formula is C12H9ClF4N2O2. The van der Waals surface area contributed by atoms with Crippen molar-refractivity contribution in [1.29, 1.82) is 0 Å². The molecule has 0 bridgehead atoms. The Hall–Kier alpha value is -2.09. The highest BCUT2D eigenvalue weighted by Crippen LogP contribution is 2.30. The summed E-state index contributed by atoms with van der Waals surface area (Å²) >= 11 is 4.77. The predicted molar refractivity (Wildman–Crippen MR) is 69.2 cm³/mol. The molecule has 4 nitrogen and oxygen atoms in total. The molecule has 0 amide bonds. The van der Waals surface area contributed by atoms with Crippen LogP contribution in [-0.4, -0.2) is 28.6 Å². The van der Waals surface area contributed by atoms with E-state index < -0.39 is 34.8 Å². The number of hydrogen-bond donors (Lipinski definition) is 2. The first-order chi connectivity index (χ1) is 9.64. The number of benzene rings is 1. The number of aliphatic imine (C=N–C) groups is 1. The minimum Gasteiger partial charge on any atom is -0.478 e. The van der Waals surface area contributed by atoms with Gasteiger partial charge in [-0.2, -0.15) is 8.78 Å². The van der Waals surface area contributed by atoms with Gasteiger partial charge < -0.3 is 10.8 Å². The molecule has 1 aromatic carbocycles. The minimum atomic E-state index is -4.29. The van der Waals surface area contributed by atoms with E-state index in [4.69, 9.17) is 22.4 Å². The molecule has 114 valence electrons. The van der Waals surface area contributed by atoms with Gasteiger partial charge in [-0.3, -0.25) is 0 Å². The number of rotatable bonds is 5. The number of alkyl halides is 5. The Bertz CT molecular complexity index is 583. The Morgan fingerprint density at radius 1 is 1.29 bits per heavy atom. The fraction of sp³-hybridized carbons (Fsp3) is 0.167. The number of carbonyl (C=O) groups is 1. The van der Waals surface area contributed by atoms with Crippen molar-refractivity contribution in [2.24, 2.45) is 10.7 Å². The van der Waals surface area contributed by atoms with E-state index in [1.807, 2.05) is 0 Å². The zero-order valence-electron chi connectivity index (χ0n) is 10.2. The number of allylic oxidation sites excluding steroid dienone is 1. The Labute approximate surface area is 121 Å². The van der Waals surface area contributed by atoms with E-state index >= 15 is 0 Å². The maximum atomic E-state index is 13.3. The summed E-state index contributed by atoms with van der Waals surface area (Å²) in [6.45, 7) is 0. The number of nitrogens with zero attached hydrogens (tertiary/aromatic N) is 1. The molecule has 1 aromatic rings. The molecule has 0 saturated heterocycles. The first-order valence-corrected chi connectivity index (χ1v) is 5.74. The normalized spacial score (nSPS) is 14.1. The zero-order chi connectivity index (χ0) is 16.2. The summed E-state index contributed by atoms with van der Waals surface area (Å²) in [7, 11) is 0. The van der Waals surface area contributed by atoms with Crippen molar-refractivity contribution >= 4 is 29.0 Å². The Balaban J connectivity index is 3.55. The van der Waals surface area contributed by atoms with E-state index in [0.717, 1.165) is 0 Å². The summed E-state index contributed by atoms with van der Waals surface area (Å²) in [5.41, 5.74) is 0.181. The molecular weight excluding hydrogens is 316 g/mol. The van der Waals surface area contributed by atoms with Crippen LogP contribution in [0.25, 0.3) is 0 Å². The van der Waals surface area contributed by atoms with Crippen LogP contribution in [0.2, 0.25) is 0 Å². The number of aliphatic carboxylic acids is 1. The first kappa shape index (κ1) is 17.0. The standard InChI is InChI=1S/C12H9ClF4N2O2/c13-12(16,17)9(19-6-4-2-1-3-5-6)7(11(20)21)8(18)10(14)15/h1-5,10H,18H2,(H,20,21). The Morgan fingerprint density at radius 3 is 2.19 bits per heavy atom. The molecule has 0 aliphatic carbocycles. The van der Waals surface area contributed by atoms with Crippen LogP contribution in [0, 0.1) is 0 Å². The second-order valence-corrected chi connectivity index (χ2v) is 4.20. The molecule has 0 radical (unpaired) electrons. The monoisotopic (exact) mass is 324 g/mol. The largest absolute Gasteiger partial charge is 0.478 e. The molecule has 0 spiro atoms. The van der Waals surface area contributed by atoms with E-state index in [2.05, 4.69) is 4.99 Å². The fourth-order valence-corrected chi connectivity index (χ4v) is 1.50. The summed E-state index contributed by atoms with van der Waals surface area (Å²) in [5.74, 6) is -2.08. The predicted octanol–water partition coefficient (Wildman–Crippen LogP) is 3.15. The topological polar surface area (TPSA) is 75.7 Å². The molecule has 21 heavy (non-hydrogen) atoms. The van der Waals surface area contributed by atoms with Gasteiger partial charge in [0.15, 0.2) is 0 Å².